The van der Waals surface area contributed by atoms with E-state index in [0.29, 0.717) is 5.37 Å². The van der Waals surface area contributed by atoms with Crippen LogP contribution >= 0.6 is 11.8 Å². The average molecular weight is 209 g/mol. The molecule has 1 aromatic carbocycles. The lowest BCUT2D eigenvalue weighted by Gasteiger charge is -2.18. The topological polar surface area (TPSA) is 12.5 Å². The van der Waals surface area contributed by atoms with Crippen LogP contribution in [0.5, 0.6) is 5.75 Å². The summed E-state index contributed by atoms with van der Waals surface area (Å²) < 4.78 is 5.14. The Labute approximate surface area is 89.2 Å². The highest BCUT2D eigenvalue weighted by atomic mass is 32.2. The van der Waals surface area contributed by atoms with Crippen LogP contribution in [0.3, 0.4) is 0 Å². The summed E-state index contributed by atoms with van der Waals surface area (Å²) in [4.78, 5) is 2.38. The summed E-state index contributed by atoms with van der Waals surface area (Å²) in [6, 6.07) is 8.36. The summed E-state index contributed by atoms with van der Waals surface area (Å²) in [6.45, 7) is 1.18. The van der Waals surface area contributed by atoms with E-state index >= 15 is 0 Å². The molecule has 0 amide bonds. The molecule has 1 saturated heterocycles. The molecule has 1 atom stereocenters. The van der Waals surface area contributed by atoms with Crippen LogP contribution in [0.1, 0.15) is 10.9 Å². The molecule has 1 unspecified atom stereocenters. The molecular weight excluding hydrogens is 194 g/mol. The first-order chi connectivity index (χ1) is 6.81. The molecule has 14 heavy (non-hydrogen) atoms. The molecule has 0 N–H and O–H groups in total. The van der Waals surface area contributed by atoms with E-state index < -0.39 is 0 Å². The lowest BCUT2D eigenvalue weighted by molar-refractivity contribution is 0.358. The van der Waals surface area contributed by atoms with Gasteiger partial charge in [-0.3, -0.25) is 4.90 Å². The Hall–Kier alpha value is -0.670. The zero-order valence-electron chi connectivity index (χ0n) is 8.56. The number of hydrogen-bond acceptors (Lipinski definition) is 3. The molecule has 2 rings (SSSR count). The van der Waals surface area contributed by atoms with E-state index in [2.05, 4.69) is 24.1 Å². The molecule has 1 heterocycles. The van der Waals surface area contributed by atoms with Gasteiger partial charge >= 0.3 is 0 Å². The van der Waals surface area contributed by atoms with Crippen molar-refractivity contribution < 1.29 is 4.74 Å². The van der Waals surface area contributed by atoms with Gasteiger partial charge in [0.2, 0.25) is 0 Å². The maximum atomic E-state index is 5.14. The van der Waals surface area contributed by atoms with Gasteiger partial charge < -0.3 is 4.74 Å². The van der Waals surface area contributed by atoms with Gasteiger partial charge in [0.25, 0.3) is 0 Å². The van der Waals surface area contributed by atoms with Crippen molar-refractivity contribution in [1.82, 2.24) is 4.90 Å². The average Bonchev–Trinajstić information content (AvgIpc) is 2.65. The second kappa shape index (κ2) is 4.24. The van der Waals surface area contributed by atoms with E-state index in [0.717, 1.165) is 5.75 Å². The Morgan fingerprint density at radius 1 is 1.36 bits per heavy atom. The lowest BCUT2D eigenvalue weighted by atomic mass is 10.2. The minimum absolute atomic E-state index is 0.529. The van der Waals surface area contributed by atoms with Gasteiger partial charge in [-0.2, -0.15) is 0 Å². The van der Waals surface area contributed by atoms with Crippen molar-refractivity contribution >= 4 is 11.8 Å². The fraction of sp³-hybridized carbons (Fsp3) is 0.455. The number of nitrogens with zero attached hydrogens (tertiary/aromatic N) is 1. The molecule has 0 spiro atoms. The number of benzene rings is 1. The van der Waals surface area contributed by atoms with Crippen molar-refractivity contribution in [3.8, 4) is 5.75 Å². The second-order valence-electron chi connectivity index (χ2n) is 3.48. The Kier molecular flexibility index (Phi) is 2.99. The summed E-state index contributed by atoms with van der Waals surface area (Å²) in [7, 11) is 3.88. The largest absolute Gasteiger partial charge is 0.497 e. The first-order valence-electron chi connectivity index (χ1n) is 4.77. The van der Waals surface area contributed by atoms with Crippen LogP contribution in [0.2, 0.25) is 0 Å². The molecule has 1 fully saturated rings. The maximum absolute atomic E-state index is 5.14. The van der Waals surface area contributed by atoms with Crippen LogP contribution in [-0.2, 0) is 0 Å². The Balaban J connectivity index is 2.16. The predicted molar refractivity (Wildman–Crippen MR) is 60.8 cm³/mol. The van der Waals surface area contributed by atoms with Gasteiger partial charge in [-0.05, 0) is 24.7 Å². The maximum Gasteiger partial charge on any atom is 0.118 e. The zero-order valence-corrected chi connectivity index (χ0v) is 9.38. The number of thioether (sulfide) groups is 1. The third kappa shape index (κ3) is 1.88. The second-order valence-corrected chi connectivity index (χ2v) is 4.67. The summed E-state index contributed by atoms with van der Waals surface area (Å²) >= 11 is 2.00. The van der Waals surface area contributed by atoms with E-state index in [4.69, 9.17) is 4.74 Å². The van der Waals surface area contributed by atoms with Crippen molar-refractivity contribution in [3.05, 3.63) is 29.8 Å². The number of ether oxygens (including phenoxy) is 1. The van der Waals surface area contributed by atoms with Crippen LogP contribution in [0.25, 0.3) is 0 Å². The van der Waals surface area contributed by atoms with E-state index in [1.54, 1.807) is 7.11 Å². The smallest absolute Gasteiger partial charge is 0.118 e. The Bertz CT molecular complexity index is 299. The van der Waals surface area contributed by atoms with Crippen molar-refractivity contribution in [2.75, 3.05) is 26.5 Å². The highest BCUT2D eigenvalue weighted by Crippen LogP contribution is 2.36. The lowest BCUT2D eigenvalue weighted by Crippen LogP contribution is -2.16. The van der Waals surface area contributed by atoms with Crippen LogP contribution < -0.4 is 4.74 Å². The molecule has 1 aliphatic heterocycles. The Morgan fingerprint density at radius 3 is 2.57 bits per heavy atom. The fourth-order valence-electron chi connectivity index (χ4n) is 1.67. The number of hydrogen-bond donors (Lipinski definition) is 0. The van der Waals surface area contributed by atoms with Crippen molar-refractivity contribution in [2.45, 2.75) is 5.37 Å². The van der Waals surface area contributed by atoms with E-state index in [1.165, 1.54) is 17.9 Å². The standard InChI is InChI=1S/C11H15NOS/c1-12-7-8-14-11(12)9-3-5-10(13-2)6-4-9/h3-6,11H,7-8H2,1-2H3. The number of methoxy groups -OCH3 is 1. The monoisotopic (exact) mass is 209 g/mol. The molecule has 1 aromatic rings. The fourth-order valence-corrected chi connectivity index (χ4v) is 3.00. The van der Waals surface area contributed by atoms with Gasteiger partial charge in [0.1, 0.15) is 5.75 Å². The minimum atomic E-state index is 0.529. The van der Waals surface area contributed by atoms with Crippen LogP contribution in [-0.4, -0.2) is 31.4 Å². The van der Waals surface area contributed by atoms with Crippen LogP contribution in [0, 0.1) is 0 Å². The van der Waals surface area contributed by atoms with E-state index in [9.17, 15) is 0 Å². The van der Waals surface area contributed by atoms with E-state index in [-0.39, 0.29) is 0 Å². The molecule has 0 aromatic heterocycles. The van der Waals surface area contributed by atoms with Gasteiger partial charge in [-0.15, -0.1) is 11.8 Å². The normalized spacial score (nSPS) is 22.6. The molecule has 3 heteroatoms. The molecule has 1 aliphatic rings. The first kappa shape index (κ1) is 9.87. The Morgan fingerprint density at radius 2 is 2.07 bits per heavy atom. The van der Waals surface area contributed by atoms with Gasteiger partial charge in [0.05, 0.1) is 12.5 Å². The number of rotatable bonds is 2. The molecule has 0 aliphatic carbocycles. The van der Waals surface area contributed by atoms with E-state index in [1.807, 2.05) is 23.9 Å². The molecule has 0 radical (unpaired) electrons. The van der Waals surface area contributed by atoms with Crippen LogP contribution in [0.4, 0.5) is 0 Å². The third-order valence-corrected chi connectivity index (χ3v) is 3.89. The van der Waals surface area contributed by atoms with Gasteiger partial charge in [-0.25, -0.2) is 0 Å². The molecule has 76 valence electrons. The minimum Gasteiger partial charge on any atom is -0.497 e. The SMILES string of the molecule is COc1ccc(C2SCCN2C)cc1. The molecule has 2 nitrogen and oxygen atoms in total. The first-order valence-corrected chi connectivity index (χ1v) is 5.82. The summed E-state index contributed by atoms with van der Waals surface area (Å²) in [6.07, 6.45) is 0. The van der Waals surface area contributed by atoms with Crippen molar-refractivity contribution in [3.63, 3.8) is 0 Å². The summed E-state index contributed by atoms with van der Waals surface area (Å²) in [5.41, 5.74) is 1.37. The zero-order chi connectivity index (χ0) is 9.97. The van der Waals surface area contributed by atoms with Crippen molar-refractivity contribution in [1.29, 1.82) is 0 Å². The molecular formula is C11H15NOS. The molecule has 0 bridgehead atoms. The summed E-state index contributed by atoms with van der Waals surface area (Å²) in [5, 5.41) is 0.529. The predicted octanol–water partition coefficient (Wildman–Crippen LogP) is 2.37. The van der Waals surface area contributed by atoms with Crippen LogP contribution in [0.15, 0.2) is 24.3 Å². The van der Waals surface area contributed by atoms with Gasteiger partial charge in [0.15, 0.2) is 0 Å². The highest BCUT2D eigenvalue weighted by molar-refractivity contribution is 7.99. The highest BCUT2D eigenvalue weighted by Gasteiger charge is 2.22. The summed E-state index contributed by atoms with van der Waals surface area (Å²) in [5.74, 6) is 2.16. The quantitative estimate of drug-likeness (QED) is 0.742. The van der Waals surface area contributed by atoms with Gasteiger partial charge in [0, 0.05) is 12.3 Å². The molecule has 0 saturated carbocycles. The van der Waals surface area contributed by atoms with Crippen molar-refractivity contribution in [2.24, 2.45) is 0 Å². The third-order valence-electron chi connectivity index (χ3n) is 2.52. The van der Waals surface area contributed by atoms with Gasteiger partial charge in [-0.1, -0.05) is 12.1 Å².